The van der Waals surface area contributed by atoms with Gasteiger partial charge < -0.3 is 5.73 Å². The predicted molar refractivity (Wildman–Crippen MR) is 56.1 cm³/mol. The summed E-state index contributed by atoms with van der Waals surface area (Å²) in [6.45, 7) is 0. The number of fused-ring (bicyclic) bond motifs is 2. The average molecular weight is 213 g/mol. The summed E-state index contributed by atoms with van der Waals surface area (Å²) in [4.78, 5) is 2.39. The van der Waals surface area contributed by atoms with Crippen molar-refractivity contribution in [2.24, 2.45) is 5.73 Å². The van der Waals surface area contributed by atoms with Crippen LogP contribution in [-0.2, 0) is 0 Å². The van der Waals surface area contributed by atoms with Gasteiger partial charge >= 0.3 is 0 Å². The maximum atomic E-state index is 6.17. The van der Waals surface area contributed by atoms with Crippen LogP contribution in [0.15, 0.2) is 0 Å². The first-order valence-electron chi connectivity index (χ1n) is 4.24. The topological polar surface area (TPSA) is 29.3 Å². The summed E-state index contributed by atoms with van der Waals surface area (Å²) >= 11 is 0. The molecule has 0 aromatic rings. The van der Waals surface area contributed by atoms with Crippen LogP contribution in [0.1, 0.15) is 32.1 Å². The highest BCUT2D eigenvalue weighted by molar-refractivity contribution is 5.85. The molecular weight excluding hydrogens is 195 g/mol. The van der Waals surface area contributed by atoms with Crippen molar-refractivity contribution in [3.8, 4) is 0 Å². The Morgan fingerprint density at radius 2 is 1.92 bits per heavy atom. The third kappa shape index (κ3) is 1.72. The molecule has 0 saturated carbocycles. The van der Waals surface area contributed by atoms with E-state index in [0.29, 0.717) is 0 Å². The Kier molecular flexibility index (Phi) is 4.31. The summed E-state index contributed by atoms with van der Waals surface area (Å²) in [5, 5.41) is 0. The molecule has 2 rings (SSSR count). The predicted octanol–water partition coefficient (Wildman–Crippen LogP) is 1.76. The number of hydrogen-bond acceptors (Lipinski definition) is 2. The Balaban J connectivity index is 0.000000605. The second-order valence-electron chi connectivity index (χ2n) is 3.80. The van der Waals surface area contributed by atoms with E-state index in [1.807, 2.05) is 0 Å². The summed E-state index contributed by atoms with van der Waals surface area (Å²) in [5.41, 5.74) is 6.26. The van der Waals surface area contributed by atoms with Gasteiger partial charge in [-0.1, -0.05) is 0 Å². The van der Waals surface area contributed by atoms with Crippen LogP contribution < -0.4 is 5.73 Å². The molecule has 2 saturated heterocycles. The van der Waals surface area contributed by atoms with Gasteiger partial charge in [0.25, 0.3) is 0 Å². The van der Waals surface area contributed by atoms with Gasteiger partial charge in [-0.05, 0) is 39.2 Å². The van der Waals surface area contributed by atoms with Crippen molar-refractivity contribution < 1.29 is 0 Å². The van der Waals surface area contributed by atoms with E-state index in [1.165, 1.54) is 32.1 Å². The molecule has 0 radical (unpaired) electrons. The van der Waals surface area contributed by atoms with Crippen molar-refractivity contribution >= 4 is 24.8 Å². The fourth-order valence-corrected chi connectivity index (χ4v) is 2.43. The third-order valence-corrected chi connectivity index (χ3v) is 3.31. The lowest BCUT2D eigenvalue weighted by Gasteiger charge is -2.39. The molecule has 0 amide bonds. The van der Waals surface area contributed by atoms with Gasteiger partial charge in [-0.2, -0.15) is 0 Å². The van der Waals surface area contributed by atoms with Gasteiger partial charge in [0.1, 0.15) is 0 Å². The minimum atomic E-state index is 0. The standard InChI is InChI=1S/C8H16N2.2ClH/c1-10-7-3-2-5-8(10,9)6-4-7;;/h7H,2-6,9H2,1H3;2*1H/t7-,8+;;/m1../s1. The van der Waals surface area contributed by atoms with Crippen LogP contribution in [0.2, 0.25) is 0 Å². The summed E-state index contributed by atoms with van der Waals surface area (Å²) in [7, 11) is 2.18. The molecule has 2 N–H and O–H groups in total. The van der Waals surface area contributed by atoms with E-state index in [2.05, 4.69) is 11.9 Å². The smallest absolute Gasteiger partial charge is 0.0687 e. The summed E-state index contributed by atoms with van der Waals surface area (Å²) in [6, 6.07) is 0.804. The fourth-order valence-electron chi connectivity index (χ4n) is 2.43. The first-order chi connectivity index (χ1) is 4.72. The van der Waals surface area contributed by atoms with Gasteiger partial charge in [0.05, 0.1) is 5.66 Å². The molecule has 0 aromatic heterocycles. The Morgan fingerprint density at radius 1 is 1.25 bits per heavy atom. The number of nitrogens with zero attached hydrogens (tertiary/aromatic N) is 1. The van der Waals surface area contributed by atoms with E-state index in [0.717, 1.165) is 6.04 Å². The Bertz CT molecular complexity index is 150. The minimum absolute atomic E-state index is 0. The molecule has 4 heteroatoms. The van der Waals surface area contributed by atoms with E-state index >= 15 is 0 Å². The second-order valence-corrected chi connectivity index (χ2v) is 3.80. The van der Waals surface area contributed by atoms with E-state index in [4.69, 9.17) is 5.73 Å². The van der Waals surface area contributed by atoms with Crippen molar-refractivity contribution in [3.63, 3.8) is 0 Å². The van der Waals surface area contributed by atoms with Gasteiger partial charge in [-0.3, -0.25) is 4.90 Å². The van der Waals surface area contributed by atoms with Gasteiger partial charge in [0.15, 0.2) is 0 Å². The molecule has 2 aliphatic heterocycles. The Hall–Kier alpha value is 0.500. The van der Waals surface area contributed by atoms with Crippen LogP contribution in [0.4, 0.5) is 0 Å². The highest BCUT2D eigenvalue weighted by Gasteiger charge is 2.43. The molecule has 0 unspecified atom stereocenters. The number of piperidine rings is 1. The van der Waals surface area contributed by atoms with Crippen LogP contribution in [-0.4, -0.2) is 23.7 Å². The molecule has 0 aliphatic carbocycles. The van der Waals surface area contributed by atoms with Crippen LogP contribution in [0.25, 0.3) is 0 Å². The number of nitrogens with two attached hydrogens (primary N) is 1. The van der Waals surface area contributed by atoms with Crippen LogP contribution in [0.3, 0.4) is 0 Å². The molecule has 2 bridgehead atoms. The number of halogens is 2. The number of hydrogen-bond donors (Lipinski definition) is 1. The monoisotopic (exact) mass is 212 g/mol. The van der Waals surface area contributed by atoms with Crippen molar-refractivity contribution in [1.82, 2.24) is 4.90 Å². The van der Waals surface area contributed by atoms with Crippen molar-refractivity contribution in [2.75, 3.05) is 7.05 Å². The van der Waals surface area contributed by atoms with Crippen LogP contribution in [0.5, 0.6) is 0 Å². The van der Waals surface area contributed by atoms with Gasteiger partial charge in [-0.25, -0.2) is 0 Å². The fraction of sp³-hybridized carbons (Fsp3) is 1.00. The molecule has 2 atom stereocenters. The SMILES string of the molecule is CN1[C@@H]2CCC[C@@]1(N)CC2.Cl.Cl. The normalized spacial score (nSPS) is 40.0. The highest BCUT2D eigenvalue weighted by atomic mass is 35.5. The molecule has 12 heavy (non-hydrogen) atoms. The lowest BCUT2D eigenvalue weighted by atomic mass is 9.99. The quantitative estimate of drug-likeness (QED) is 0.664. The lowest BCUT2D eigenvalue weighted by molar-refractivity contribution is 0.0878. The summed E-state index contributed by atoms with van der Waals surface area (Å²) in [6.07, 6.45) is 6.46. The summed E-state index contributed by atoms with van der Waals surface area (Å²) in [5.74, 6) is 0. The third-order valence-electron chi connectivity index (χ3n) is 3.31. The van der Waals surface area contributed by atoms with Gasteiger partial charge in [0, 0.05) is 6.04 Å². The molecule has 0 aromatic carbocycles. The van der Waals surface area contributed by atoms with Crippen LogP contribution in [0, 0.1) is 0 Å². The maximum Gasteiger partial charge on any atom is 0.0687 e. The van der Waals surface area contributed by atoms with E-state index in [1.54, 1.807) is 0 Å². The summed E-state index contributed by atoms with van der Waals surface area (Å²) < 4.78 is 0. The van der Waals surface area contributed by atoms with Gasteiger partial charge in [-0.15, -0.1) is 24.8 Å². The number of rotatable bonds is 0. The first kappa shape index (κ1) is 12.5. The minimum Gasteiger partial charge on any atom is -0.313 e. The molecule has 2 nitrogen and oxygen atoms in total. The van der Waals surface area contributed by atoms with E-state index < -0.39 is 0 Å². The maximum absolute atomic E-state index is 6.17. The van der Waals surface area contributed by atoms with Crippen molar-refractivity contribution in [2.45, 2.75) is 43.8 Å². The molecule has 74 valence electrons. The second kappa shape index (κ2) is 4.14. The molecule has 2 aliphatic rings. The highest BCUT2D eigenvalue weighted by Crippen LogP contribution is 2.38. The zero-order valence-electron chi connectivity index (χ0n) is 7.45. The Labute approximate surface area is 86.7 Å². The van der Waals surface area contributed by atoms with E-state index in [9.17, 15) is 0 Å². The average Bonchev–Trinajstić information content (AvgIpc) is 2.18. The zero-order chi connectivity index (χ0) is 7.19. The lowest BCUT2D eigenvalue weighted by Crippen LogP contribution is -2.54. The first-order valence-corrected chi connectivity index (χ1v) is 4.24. The molecule has 2 fully saturated rings. The largest absolute Gasteiger partial charge is 0.313 e. The van der Waals surface area contributed by atoms with E-state index in [-0.39, 0.29) is 30.5 Å². The molecule has 0 spiro atoms. The van der Waals surface area contributed by atoms with Gasteiger partial charge in [0.2, 0.25) is 0 Å². The van der Waals surface area contributed by atoms with Crippen molar-refractivity contribution in [3.05, 3.63) is 0 Å². The zero-order valence-corrected chi connectivity index (χ0v) is 9.09. The van der Waals surface area contributed by atoms with Crippen LogP contribution >= 0.6 is 24.8 Å². The molecular formula is C8H18Cl2N2. The Morgan fingerprint density at radius 3 is 2.42 bits per heavy atom. The molecule has 2 heterocycles. The van der Waals surface area contributed by atoms with Crippen molar-refractivity contribution in [1.29, 1.82) is 0 Å².